The molecule has 2 amide bonds. The Morgan fingerprint density at radius 1 is 1.17 bits per heavy atom. The molecule has 8 heteroatoms. The van der Waals surface area contributed by atoms with E-state index in [4.69, 9.17) is 4.42 Å². The minimum Gasteiger partial charge on any atom is -0.469 e. The summed E-state index contributed by atoms with van der Waals surface area (Å²) in [5.74, 6) is -0.783. The molecule has 2 N–H and O–H groups in total. The van der Waals surface area contributed by atoms with Gasteiger partial charge in [0.15, 0.2) is 5.82 Å². The predicted octanol–water partition coefficient (Wildman–Crippen LogP) is 2.22. The Balaban J connectivity index is 1.62. The second-order valence-electron chi connectivity index (χ2n) is 4.63. The van der Waals surface area contributed by atoms with Crippen LogP contribution in [0.5, 0.6) is 0 Å². The first-order valence-electron chi connectivity index (χ1n) is 6.80. The van der Waals surface area contributed by atoms with Crippen molar-refractivity contribution in [3.8, 4) is 0 Å². The fourth-order valence-corrected chi connectivity index (χ4v) is 2.88. The van der Waals surface area contributed by atoms with E-state index in [1.807, 2.05) is 23.6 Å². The lowest BCUT2D eigenvalue weighted by Gasteiger charge is -2.13. The molecule has 3 rings (SSSR count). The standard InChI is InChI=1S/C15H13N3O4S/c19-14(15(20)17-13-5-7-22-18-13)16-9-10(11-3-1-6-21-11)12-4-2-8-23-12/h1-8,10H,9H2,(H,16,19)(H,17,18,20)/t10-/m1/s1. The molecular formula is C15H13N3O4S. The van der Waals surface area contributed by atoms with Gasteiger partial charge in [0.25, 0.3) is 0 Å². The number of furan rings is 1. The Morgan fingerprint density at radius 3 is 2.74 bits per heavy atom. The number of thiophene rings is 1. The molecule has 0 radical (unpaired) electrons. The fraction of sp³-hybridized carbons (Fsp3) is 0.133. The van der Waals surface area contributed by atoms with E-state index in [2.05, 4.69) is 20.3 Å². The lowest BCUT2D eigenvalue weighted by atomic mass is 10.0. The van der Waals surface area contributed by atoms with Crippen molar-refractivity contribution in [1.82, 2.24) is 10.5 Å². The zero-order valence-corrected chi connectivity index (χ0v) is 12.7. The second kappa shape index (κ2) is 6.93. The lowest BCUT2D eigenvalue weighted by molar-refractivity contribution is -0.136. The first kappa shape index (κ1) is 15.0. The molecule has 1 atom stereocenters. The first-order chi connectivity index (χ1) is 11.2. The van der Waals surface area contributed by atoms with E-state index >= 15 is 0 Å². The van der Waals surface area contributed by atoms with Crippen LogP contribution in [0.25, 0.3) is 0 Å². The van der Waals surface area contributed by atoms with E-state index in [9.17, 15) is 9.59 Å². The van der Waals surface area contributed by atoms with Crippen LogP contribution >= 0.6 is 11.3 Å². The van der Waals surface area contributed by atoms with Crippen LogP contribution in [0.4, 0.5) is 5.82 Å². The zero-order valence-electron chi connectivity index (χ0n) is 11.9. The van der Waals surface area contributed by atoms with Gasteiger partial charge in [-0.05, 0) is 23.6 Å². The topological polar surface area (TPSA) is 97.4 Å². The van der Waals surface area contributed by atoms with Gasteiger partial charge in [-0.2, -0.15) is 0 Å². The molecule has 0 aliphatic rings. The summed E-state index contributed by atoms with van der Waals surface area (Å²) in [5.41, 5.74) is 0. The van der Waals surface area contributed by atoms with E-state index in [-0.39, 0.29) is 18.3 Å². The van der Waals surface area contributed by atoms with Crippen LogP contribution in [0.15, 0.2) is 57.2 Å². The molecule has 0 saturated carbocycles. The van der Waals surface area contributed by atoms with Crippen molar-refractivity contribution in [1.29, 1.82) is 0 Å². The Kier molecular flexibility index (Phi) is 4.53. The van der Waals surface area contributed by atoms with Gasteiger partial charge in [0.05, 0.1) is 12.2 Å². The highest BCUT2D eigenvalue weighted by molar-refractivity contribution is 7.10. The monoisotopic (exact) mass is 331 g/mol. The van der Waals surface area contributed by atoms with Crippen LogP contribution in [-0.2, 0) is 9.59 Å². The van der Waals surface area contributed by atoms with Gasteiger partial charge >= 0.3 is 11.8 Å². The Bertz CT molecular complexity index is 717. The van der Waals surface area contributed by atoms with Crippen molar-refractivity contribution < 1.29 is 18.5 Å². The number of hydrogen-bond acceptors (Lipinski definition) is 6. The minimum absolute atomic E-state index is 0.145. The lowest BCUT2D eigenvalue weighted by Crippen LogP contribution is -2.37. The van der Waals surface area contributed by atoms with Crippen LogP contribution in [-0.4, -0.2) is 23.5 Å². The molecule has 3 heterocycles. The van der Waals surface area contributed by atoms with E-state index < -0.39 is 11.8 Å². The number of nitrogens with zero attached hydrogens (tertiary/aromatic N) is 1. The van der Waals surface area contributed by atoms with Crippen molar-refractivity contribution >= 4 is 29.0 Å². The molecule has 0 unspecified atom stereocenters. The van der Waals surface area contributed by atoms with Crippen molar-refractivity contribution in [3.05, 3.63) is 58.9 Å². The number of rotatable bonds is 5. The number of carbonyl (C=O) groups excluding carboxylic acids is 2. The Morgan fingerprint density at radius 2 is 2.09 bits per heavy atom. The average molecular weight is 331 g/mol. The van der Waals surface area contributed by atoms with Crippen molar-refractivity contribution in [3.63, 3.8) is 0 Å². The molecule has 3 aromatic rings. The van der Waals surface area contributed by atoms with Gasteiger partial charge in [0.2, 0.25) is 0 Å². The summed E-state index contributed by atoms with van der Waals surface area (Å²) >= 11 is 1.56. The maximum Gasteiger partial charge on any atom is 0.314 e. The molecule has 23 heavy (non-hydrogen) atoms. The maximum absolute atomic E-state index is 11.9. The third kappa shape index (κ3) is 3.67. The predicted molar refractivity (Wildman–Crippen MR) is 83.0 cm³/mol. The van der Waals surface area contributed by atoms with Gasteiger partial charge in [0, 0.05) is 17.5 Å². The highest BCUT2D eigenvalue weighted by Gasteiger charge is 2.21. The molecule has 0 aliphatic heterocycles. The summed E-state index contributed by atoms with van der Waals surface area (Å²) in [6.45, 7) is 0.249. The van der Waals surface area contributed by atoms with Crippen LogP contribution in [0.3, 0.4) is 0 Å². The molecule has 0 aromatic carbocycles. The second-order valence-corrected chi connectivity index (χ2v) is 5.61. The van der Waals surface area contributed by atoms with Crippen LogP contribution < -0.4 is 10.6 Å². The van der Waals surface area contributed by atoms with Crippen LogP contribution in [0, 0.1) is 0 Å². The number of carbonyl (C=O) groups is 2. The molecule has 0 saturated heterocycles. The van der Waals surface area contributed by atoms with Crippen LogP contribution in [0.2, 0.25) is 0 Å². The summed E-state index contributed by atoms with van der Waals surface area (Å²) in [7, 11) is 0. The molecule has 118 valence electrons. The average Bonchev–Trinajstić information content (AvgIpc) is 3.31. The normalized spacial score (nSPS) is 11.8. The van der Waals surface area contributed by atoms with E-state index in [0.717, 1.165) is 10.6 Å². The summed E-state index contributed by atoms with van der Waals surface area (Å²) < 4.78 is 10.0. The van der Waals surface area contributed by atoms with Gasteiger partial charge in [-0.1, -0.05) is 11.2 Å². The summed E-state index contributed by atoms with van der Waals surface area (Å²) in [6.07, 6.45) is 2.88. The number of hydrogen-bond donors (Lipinski definition) is 2. The highest BCUT2D eigenvalue weighted by Crippen LogP contribution is 2.28. The number of amides is 2. The molecule has 3 aromatic heterocycles. The molecule has 0 bridgehead atoms. The fourth-order valence-electron chi connectivity index (χ4n) is 2.05. The van der Waals surface area contributed by atoms with E-state index in [1.54, 1.807) is 23.7 Å². The Labute approximate surface area is 135 Å². The van der Waals surface area contributed by atoms with Gasteiger partial charge in [0.1, 0.15) is 12.0 Å². The quantitative estimate of drug-likeness (QED) is 0.699. The molecular weight excluding hydrogens is 318 g/mol. The minimum atomic E-state index is -0.803. The first-order valence-corrected chi connectivity index (χ1v) is 7.68. The van der Waals surface area contributed by atoms with Crippen molar-refractivity contribution in [2.75, 3.05) is 11.9 Å². The Hall–Kier alpha value is -2.87. The molecule has 0 spiro atoms. The SMILES string of the molecule is O=C(NC[C@H](c1ccco1)c1cccs1)C(=O)Nc1ccon1. The summed E-state index contributed by atoms with van der Waals surface area (Å²) in [4.78, 5) is 24.7. The van der Waals surface area contributed by atoms with Crippen molar-refractivity contribution in [2.45, 2.75) is 5.92 Å². The summed E-state index contributed by atoms with van der Waals surface area (Å²) in [6, 6.07) is 8.96. The largest absolute Gasteiger partial charge is 0.469 e. The maximum atomic E-state index is 11.9. The molecule has 0 fully saturated rings. The van der Waals surface area contributed by atoms with Crippen molar-refractivity contribution in [2.24, 2.45) is 0 Å². The van der Waals surface area contributed by atoms with Gasteiger partial charge < -0.3 is 14.3 Å². The van der Waals surface area contributed by atoms with Gasteiger partial charge in [-0.25, -0.2) is 0 Å². The number of nitrogens with one attached hydrogen (secondary N) is 2. The molecule has 7 nitrogen and oxygen atoms in total. The van der Waals surface area contributed by atoms with Gasteiger partial charge in [-0.3, -0.25) is 14.9 Å². The molecule has 0 aliphatic carbocycles. The van der Waals surface area contributed by atoms with Gasteiger partial charge in [-0.15, -0.1) is 11.3 Å². The highest BCUT2D eigenvalue weighted by atomic mass is 32.1. The van der Waals surface area contributed by atoms with E-state index in [1.165, 1.54) is 12.3 Å². The smallest absolute Gasteiger partial charge is 0.314 e. The number of aromatic nitrogens is 1. The summed E-state index contributed by atoms with van der Waals surface area (Å²) in [5, 5.41) is 10.4. The number of anilines is 1. The zero-order chi connectivity index (χ0) is 16.1. The third-order valence-corrected chi connectivity index (χ3v) is 4.11. The van der Waals surface area contributed by atoms with E-state index in [0.29, 0.717) is 0 Å². The third-order valence-electron chi connectivity index (χ3n) is 3.13. The van der Waals surface area contributed by atoms with Crippen LogP contribution in [0.1, 0.15) is 16.6 Å².